The molecule has 1 N–H and O–H groups in total. The lowest BCUT2D eigenvalue weighted by atomic mass is 9.93. The van der Waals surface area contributed by atoms with Gasteiger partial charge in [0.2, 0.25) is 0 Å². The first kappa shape index (κ1) is 15.8. The Kier molecular flexibility index (Phi) is 5.85. The van der Waals surface area contributed by atoms with Crippen LogP contribution in [0.1, 0.15) is 46.0 Å². The summed E-state index contributed by atoms with van der Waals surface area (Å²) >= 11 is 0. The molecule has 0 aromatic heterocycles. The molecule has 0 aliphatic carbocycles. The van der Waals surface area contributed by atoms with E-state index in [0.717, 1.165) is 25.4 Å². The standard InChI is InChI=1S/C16H30N2O2/c1-3-15(16(19)20)18-8-4-5-14(12-18)11-17-9-6-13(2)7-10-17/h13-15H,3-12H2,1-2H3,(H,19,20)/t14-,15-/m0/s1. The smallest absolute Gasteiger partial charge is 0.320 e. The van der Waals surface area contributed by atoms with Gasteiger partial charge in [0, 0.05) is 13.1 Å². The van der Waals surface area contributed by atoms with Crippen LogP contribution in [0, 0.1) is 11.8 Å². The van der Waals surface area contributed by atoms with Gasteiger partial charge in [-0.15, -0.1) is 0 Å². The maximum Gasteiger partial charge on any atom is 0.320 e. The topological polar surface area (TPSA) is 43.8 Å². The normalized spacial score (nSPS) is 28.4. The van der Waals surface area contributed by atoms with Gasteiger partial charge >= 0.3 is 5.97 Å². The number of nitrogens with zero attached hydrogens (tertiary/aromatic N) is 2. The minimum absolute atomic E-state index is 0.279. The van der Waals surface area contributed by atoms with Crippen molar-refractivity contribution in [1.82, 2.24) is 9.80 Å². The average Bonchev–Trinajstić information content (AvgIpc) is 2.42. The summed E-state index contributed by atoms with van der Waals surface area (Å²) < 4.78 is 0. The van der Waals surface area contributed by atoms with Crippen molar-refractivity contribution in [1.29, 1.82) is 0 Å². The molecule has 20 heavy (non-hydrogen) atoms. The summed E-state index contributed by atoms with van der Waals surface area (Å²) in [5, 5.41) is 9.31. The molecule has 2 saturated heterocycles. The molecule has 0 radical (unpaired) electrons. The molecule has 0 spiro atoms. The van der Waals surface area contributed by atoms with Crippen LogP contribution < -0.4 is 0 Å². The van der Waals surface area contributed by atoms with E-state index in [2.05, 4.69) is 16.7 Å². The van der Waals surface area contributed by atoms with Gasteiger partial charge in [-0.25, -0.2) is 0 Å². The zero-order valence-corrected chi connectivity index (χ0v) is 13.1. The fourth-order valence-corrected chi connectivity index (χ4v) is 3.73. The summed E-state index contributed by atoms with van der Waals surface area (Å²) in [7, 11) is 0. The van der Waals surface area contributed by atoms with E-state index in [4.69, 9.17) is 0 Å². The molecule has 0 unspecified atom stereocenters. The lowest BCUT2D eigenvalue weighted by Gasteiger charge is -2.39. The quantitative estimate of drug-likeness (QED) is 0.840. The van der Waals surface area contributed by atoms with Crippen LogP contribution in [0.3, 0.4) is 0 Å². The van der Waals surface area contributed by atoms with Gasteiger partial charge in [-0.2, -0.15) is 0 Å². The Hall–Kier alpha value is -0.610. The van der Waals surface area contributed by atoms with E-state index in [1.165, 1.54) is 38.9 Å². The number of piperidine rings is 2. The van der Waals surface area contributed by atoms with Crippen LogP contribution >= 0.6 is 0 Å². The Morgan fingerprint density at radius 1 is 1.25 bits per heavy atom. The summed E-state index contributed by atoms with van der Waals surface area (Å²) in [5.41, 5.74) is 0. The number of likely N-dealkylation sites (tertiary alicyclic amines) is 2. The monoisotopic (exact) mass is 282 g/mol. The third-order valence-corrected chi connectivity index (χ3v) is 5.06. The van der Waals surface area contributed by atoms with Crippen LogP contribution in [-0.4, -0.2) is 59.6 Å². The molecule has 0 amide bonds. The second-order valence-electron chi connectivity index (χ2n) is 6.75. The molecule has 2 rings (SSSR count). The molecule has 2 fully saturated rings. The fraction of sp³-hybridized carbons (Fsp3) is 0.938. The minimum Gasteiger partial charge on any atom is -0.480 e. The van der Waals surface area contributed by atoms with Crippen molar-refractivity contribution in [3.8, 4) is 0 Å². The van der Waals surface area contributed by atoms with E-state index in [-0.39, 0.29) is 6.04 Å². The summed E-state index contributed by atoms with van der Waals surface area (Å²) in [6.45, 7) is 9.88. The van der Waals surface area contributed by atoms with Gasteiger partial charge in [-0.1, -0.05) is 13.8 Å². The molecular formula is C16H30N2O2. The SMILES string of the molecule is CC[C@@H](C(=O)O)N1CCC[C@@H](CN2CCC(C)CC2)C1. The molecular weight excluding hydrogens is 252 g/mol. The number of hydrogen-bond donors (Lipinski definition) is 1. The van der Waals surface area contributed by atoms with Crippen molar-refractivity contribution in [3.05, 3.63) is 0 Å². The second-order valence-corrected chi connectivity index (χ2v) is 6.75. The minimum atomic E-state index is -0.653. The molecule has 2 aliphatic heterocycles. The number of carboxylic acid groups (broad SMARTS) is 1. The second kappa shape index (κ2) is 7.41. The predicted molar refractivity (Wildman–Crippen MR) is 80.8 cm³/mol. The van der Waals surface area contributed by atoms with E-state index in [1.54, 1.807) is 0 Å². The van der Waals surface area contributed by atoms with Gasteiger partial charge in [0.15, 0.2) is 0 Å². The van der Waals surface area contributed by atoms with Crippen molar-refractivity contribution >= 4 is 5.97 Å². The molecule has 0 bridgehead atoms. The van der Waals surface area contributed by atoms with Crippen LogP contribution in [0.2, 0.25) is 0 Å². The summed E-state index contributed by atoms with van der Waals surface area (Å²) in [4.78, 5) is 16.1. The molecule has 2 aliphatic rings. The zero-order chi connectivity index (χ0) is 14.5. The van der Waals surface area contributed by atoms with E-state index in [9.17, 15) is 9.90 Å². The number of aliphatic carboxylic acids is 1. The zero-order valence-electron chi connectivity index (χ0n) is 13.1. The van der Waals surface area contributed by atoms with Gasteiger partial charge in [0.1, 0.15) is 6.04 Å². The first-order valence-corrected chi connectivity index (χ1v) is 8.29. The van der Waals surface area contributed by atoms with E-state index in [1.807, 2.05) is 6.92 Å². The molecule has 2 heterocycles. The van der Waals surface area contributed by atoms with E-state index < -0.39 is 5.97 Å². The molecule has 0 saturated carbocycles. The van der Waals surface area contributed by atoms with Crippen molar-refractivity contribution in [3.63, 3.8) is 0 Å². The Labute approximate surface area is 123 Å². The van der Waals surface area contributed by atoms with Crippen LogP contribution in [-0.2, 0) is 4.79 Å². The van der Waals surface area contributed by atoms with E-state index >= 15 is 0 Å². The third kappa shape index (κ3) is 4.19. The maximum absolute atomic E-state index is 11.3. The first-order chi connectivity index (χ1) is 9.60. The lowest BCUT2D eigenvalue weighted by molar-refractivity contribution is -0.144. The first-order valence-electron chi connectivity index (χ1n) is 8.29. The van der Waals surface area contributed by atoms with Crippen molar-refractivity contribution < 1.29 is 9.90 Å². The predicted octanol–water partition coefficient (Wildman–Crippen LogP) is 2.29. The highest BCUT2D eigenvalue weighted by molar-refractivity contribution is 5.73. The van der Waals surface area contributed by atoms with Crippen molar-refractivity contribution in [2.45, 2.75) is 52.0 Å². The van der Waals surface area contributed by atoms with Gasteiger partial charge in [0.05, 0.1) is 0 Å². The largest absolute Gasteiger partial charge is 0.480 e. The highest BCUT2D eigenvalue weighted by atomic mass is 16.4. The van der Waals surface area contributed by atoms with Crippen molar-refractivity contribution in [2.24, 2.45) is 11.8 Å². The fourth-order valence-electron chi connectivity index (χ4n) is 3.73. The van der Waals surface area contributed by atoms with Crippen LogP contribution in [0.5, 0.6) is 0 Å². The highest BCUT2D eigenvalue weighted by Crippen LogP contribution is 2.23. The van der Waals surface area contributed by atoms with Gasteiger partial charge < -0.3 is 10.0 Å². The number of carboxylic acids is 1. The number of carbonyl (C=O) groups is 1. The summed E-state index contributed by atoms with van der Waals surface area (Å²) in [6.07, 6.45) is 5.77. The molecule has 2 atom stereocenters. The maximum atomic E-state index is 11.3. The average molecular weight is 282 g/mol. The third-order valence-electron chi connectivity index (χ3n) is 5.06. The Bertz CT molecular complexity index is 314. The number of rotatable bonds is 5. The van der Waals surface area contributed by atoms with Crippen LogP contribution in [0.15, 0.2) is 0 Å². The summed E-state index contributed by atoms with van der Waals surface area (Å²) in [5.74, 6) is 0.885. The molecule has 0 aromatic rings. The van der Waals surface area contributed by atoms with Crippen LogP contribution in [0.4, 0.5) is 0 Å². The highest BCUT2D eigenvalue weighted by Gasteiger charge is 2.30. The van der Waals surface area contributed by atoms with Gasteiger partial charge in [-0.3, -0.25) is 9.69 Å². The van der Waals surface area contributed by atoms with Crippen LogP contribution in [0.25, 0.3) is 0 Å². The van der Waals surface area contributed by atoms with Gasteiger partial charge in [0.25, 0.3) is 0 Å². The molecule has 116 valence electrons. The number of hydrogen-bond acceptors (Lipinski definition) is 3. The molecule has 0 aromatic carbocycles. The van der Waals surface area contributed by atoms with Gasteiger partial charge in [-0.05, 0) is 63.6 Å². The van der Waals surface area contributed by atoms with E-state index in [0.29, 0.717) is 12.3 Å². The Morgan fingerprint density at radius 2 is 1.95 bits per heavy atom. The Balaban J connectivity index is 1.82. The van der Waals surface area contributed by atoms with Crippen molar-refractivity contribution in [2.75, 3.05) is 32.7 Å². The Morgan fingerprint density at radius 3 is 2.55 bits per heavy atom. The summed E-state index contributed by atoms with van der Waals surface area (Å²) in [6, 6.07) is -0.279. The molecule has 4 nitrogen and oxygen atoms in total. The molecule has 4 heteroatoms. The lowest BCUT2D eigenvalue weighted by Crippen LogP contribution is -2.49.